The summed E-state index contributed by atoms with van der Waals surface area (Å²) in [5, 5.41) is 23.7. The summed E-state index contributed by atoms with van der Waals surface area (Å²) in [6.07, 6.45) is 0. The van der Waals surface area contributed by atoms with Gasteiger partial charge in [-0.15, -0.1) is 0 Å². The molecular formula is C36H58O3. The van der Waals surface area contributed by atoms with E-state index >= 15 is 0 Å². The molecule has 2 aromatic rings. The fourth-order valence-corrected chi connectivity index (χ4v) is 5.77. The van der Waals surface area contributed by atoms with Crippen LogP contribution in [-0.2, 0) is 32.5 Å². The molecule has 0 heterocycles. The van der Waals surface area contributed by atoms with Gasteiger partial charge in [0.05, 0.1) is 0 Å². The van der Waals surface area contributed by atoms with Gasteiger partial charge < -0.3 is 14.9 Å². The molecule has 3 heteroatoms. The average molecular weight is 539 g/mol. The highest BCUT2D eigenvalue weighted by Crippen LogP contribution is 2.53. The minimum Gasteiger partial charge on any atom is -0.504 e. The van der Waals surface area contributed by atoms with Crippen molar-refractivity contribution in [3.8, 4) is 23.0 Å². The lowest BCUT2D eigenvalue weighted by atomic mass is 9.68. The number of ether oxygens (including phenoxy) is 1. The van der Waals surface area contributed by atoms with Gasteiger partial charge in [-0.05, 0) is 66.9 Å². The van der Waals surface area contributed by atoms with Crippen molar-refractivity contribution in [2.45, 2.75) is 157 Å². The van der Waals surface area contributed by atoms with Crippen molar-refractivity contribution >= 4 is 0 Å². The molecule has 39 heavy (non-hydrogen) atoms. The predicted molar refractivity (Wildman–Crippen MR) is 168 cm³/mol. The van der Waals surface area contributed by atoms with Gasteiger partial charge in [-0.25, -0.2) is 0 Å². The topological polar surface area (TPSA) is 49.7 Å². The van der Waals surface area contributed by atoms with Crippen LogP contribution in [0.25, 0.3) is 0 Å². The Balaban J connectivity index is 3.11. The molecule has 0 unspecified atom stereocenters. The van der Waals surface area contributed by atoms with Gasteiger partial charge in [0.2, 0.25) is 0 Å². The first-order valence-corrected chi connectivity index (χ1v) is 14.5. The van der Waals surface area contributed by atoms with E-state index in [-0.39, 0.29) is 44.0 Å². The van der Waals surface area contributed by atoms with Crippen molar-refractivity contribution in [3.63, 3.8) is 0 Å². The third-order valence-electron chi connectivity index (χ3n) is 7.37. The standard InChI is InChI=1S/C36H58O3/c1-31(2,3)21-19-23(29(37)27(35(13,14)15)25(21)33(7,8)9)39-24-20-22(32(4,5)6)26(34(10,11)12)28(30(24)38)36(16,17)18/h19-20,37-38H,1-18H3. The fourth-order valence-electron chi connectivity index (χ4n) is 5.77. The van der Waals surface area contributed by atoms with Crippen LogP contribution < -0.4 is 4.74 Å². The molecule has 0 aliphatic heterocycles. The molecule has 2 N–H and O–H groups in total. The Morgan fingerprint density at radius 1 is 0.385 bits per heavy atom. The second-order valence-electron chi connectivity index (χ2n) is 17.6. The van der Waals surface area contributed by atoms with Gasteiger partial charge in [0.1, 0.15) is 0 Å². The van der Waals surface area contributed by atoms with E-state index in [9.17, 15) is 10.2 Å². The zero-order valence-corrected chi connectivity index (χ0v) is 28.5. The summed E-state index contributed by atoms with van der Waals surface area (Å²) in [5.74, 6) is 1.07. The maximum atomic E-state index is 11.8. The summed E-state index contributed by atoms with van der Waals surface area (Å²) >= 11 is 0. The van der Waals surface area contributed by atoms with E-state index in [0.717, 1.165) is 33.4 Å². The first-order valence-electron chi connectivity index (χ1n) is 14.5. The van der Waals surface area contributed by atoms with Gasteiger partial charge >= 0.3 is 0 Å². The largest absolute Gasteiger partial charge is 0.504 e. The first-order chi connectivity index (χ1) is 17.0. The molecule has 0 aliphatic carbocycles. The number of hydrogen-bond donors (Lipinski definition) is 2. The minimum atomic E-state index is -0.322. The molecule has 0 radical (unpaired) electrons. The van der Waals surface area contributed by atoms with E-state index < -0.39 is 0 Å². The summed E-state index contributed by atoms with van der Waals surface area (Å²) in [6.45, 7) is 39.3. The third-order valence-corrected chi connectivity index (χ3v) is 7.37. The number of rotatable bonds is 2. The maximum Gasteiger partial charge on any atom is 0.169 e. The van der Waals surface area contributed by atoms with E-state index in [1.807, 2.05) is 12.1 Å². The monoisotopic (exact) mass is 538 g/mol. The van der Waals surface area contributed by atoms with Crippen molar-refractivity contribution in [3.05, 3.63) is 45.5 Å². The van der Waals surface area contributed by atoms with Crippen molar-refractivity contribution < 1.29 is 14.9 Å². The van der Waals surface area contributed by atoms with Gasteiger partial charge in [0, 0.05) is 11.1 Å². The van der Waals surface area contributed by atoms with E-state index in [1.165, 1.54) is 0 Å². The van der Waals surface area contributed by atoms with Crippen molar-refractivity contribution in [2.24, 2.45) is 0 Å². The van der Waals surface area contributed by atoms with E-state index in [1.54, 1.807) is 0 Å². The van der Waals surface area contributed by atoms with Crippen molar-refractivity contribution in [2.75, 3.05) is 0 Å². The number of benzene rings is 2. The normalized spacial score (nSPS) is 14.1. The van der Waals surface area contributed by atoms with Crippen LogP contribution in [0.5, 0.6) is 23.0 Å². The summed E-state index contributed by atoms with van der Waals surface area (Å²) < 4.78 is 6.62. The van der Waals surface area contributed by atoms with Gasteiger partial charge in [0.25, 0.3) is 0 Å². The lowest BCUT2D eigenvalue weighted by Crippen LogP contribution is -2.29. The Morgan fingerprint density at radius 2 is 0.615 bits per heavy atom. The molecule has 0 saturated heterocycles. The highest BCUT2D eigenvalue weighted by atomic mass is 16.5. The molecule has 0 atom stereocenters. The first kappa shape index (κ1) is 33.0. The second kappa shape index (κ2) is 9.74. The zero-order chi connectivity index (χ0) is 30.9. The summed E-state index contributed by atoms with van der Waals surface area (Å²) in [5.41, 5.74) is 5.03. The predicted octanol–water partition coefficient (Wildman–Crippen LogP) is 10.7. The molecule has 0 spiro atoms. The van der Waals surface area contributed by atoms with Crippen LogP contribution in [0.2, 0.25) is 0 Å². The molecule has 3 nitrogen and oxygen atoms in total. The maximum absolute atomic E-state index is 11.8. The van der Waals surface area contributed by atoms with Crippen molar-refractivity contribution in [1.82, 2.24) is 0 Å². The smallest absolute Gasteiger partial charge is 0.169 e. The van der Waals surface area contributed by atoms with Gasteiger partial charge in [0.15, 0.2) is 23.0 Å². The number of hydrogen-bond acceptors (Lipinski definition) is 3. The molecule has 2 rings (SSSR count). The second-order valence-corrected chi connectivity index (χ2v) is 17.6. The van der Waals surface area contributed by atoms with Gasteiger partial charge in [-0.3, -0.25) is 0 Å². The minimum absolute atomic E-state index is 0.148. The Hall–Kier alpha value is -2.16. The highest BCUT2D eigenvalue weighted by Gasteiger charge is 2.38. The van der Waals surface area contributed by atoms with Crippen LogP contribution >= 0.6 is 0 Å². The third kappa shape index (κ3) is 6.77. The molecule has 0 aromatic heterocycles. The molecule has 0 aliphatic rings. The summed E-state index contributed by atoms with van der Waals surface area (Å²) in [7, 11) is 0. The Bertz CT molecular complexity index is 1120. The number of phenols is 2. The molecule has 0 bridgehead atoms. The van der Waals surface area contributed by atoms with Crippen LogP contribution in [0.4, 0.5) is 0 Å². The Morgan fingerprint density at radius 3 is 0.795 bits per heavy atom. The molecule has 2 aromatic carbocycles. The van der Waals surface area contributed by atoms with Crippen LogP contribution in [0.1, 0.15) is 158 Å². The molecule has 0 saturated carbocycles. The zero-order valence-electron chi connectivity index (χ0n) is 28.5. The van der Waals surface area contributed by atoms with Crippen LogP contribution in [0, 0.1) is 0 Å². The van der Waals surface area contributed by atoms with Crippen LogP contribution in [-0.4, -0.2) is 10.2 Å². The van der Waals surface area contributed by atoms with E-state index in [2.05, 4.69) is 125 Å². The number of phenolic OH excluding ortho intramolecular Hbond substituents is 2. The quantitative estimate of drug-likeness (QED) is 0.400. The SMILES string of the molecule is CC(C)(C)c1cc(Oc2cc(C(C)(C)C)c(C(C)(C)C)c(C(C)(C)C)c2O)c(O)c(C(C)(C)C)c1C(C)(C)C. The Labute approximate surface area is 240 Å². The summed E-state index contributed by atoms with van der Waals surface area (Å²) in [6, 6.07) is 3.99. The van der Waals surface area contributed by atoms with E-state index in [0.29, 0.717) is 11.5 Å². The van der Waals surface area contributed by atoms with Gasteiger partial charge in [-0.1, -0.05) is 125 Å². The van der Waals surface area contributed by atoms with Gasteiger partial charge in [-0.2, -0.15) is 0 Å². The Kier molecular flexibility index (Phi) is 8.25. The fraction of sp³-hybridized carbons (Fsp3) is 0.667. The lowest BCUT2D eigenvalue weighted by Gasteiger charge is -2.38. The molecular weight excluding hydrogens is 480 g/mol. The highest BCUT2D eigenvalue weighted by molar-refractivity contribution is 5.64. The summed E-state index contributed by atoms with van der Waals surface area (Å²) in [4.78, 5) is 0. The van der Waals surface area contributed by atoms with Crippen LogP contribution in [0.15, 0.2) is 12.1 Å². The number of aromatic hydroxyl groups is 2. The molecule has 0 amide bonds. The van der Waals surface area contributed by atoms with E-state index in [4.69, 9.17) is 4.74 Å². The van der Waals surface area contributed by atoms with Crippen LogP contribution in [0.3, 0.4) is 0 Å². The average Bonchev–Trinajstić information content (AvgIpc) is 2.64. The molecule has 220 valence electrons. The molecule has 0 fully saturated rings. The lowest BCUT2D eigenvalue weighted by molar-refractivity contribution is 0.360. The van der Waals surface area contributed by atoms with Crippen molar-refractivity contribution in [1.29, 1.82) is 0 Å².